The molecule has 0 aromatic heterocycles. The van der Waals surface area contributed by atoms with Crippen molar-refractivity contribution in [3.8, 4) is 0 Å². The molecule has 22 heavy (non-hydrogen) atoms. The lowest BCUT2D eigenvalue weighted by Crippen LogP contribution is -2.30. The van der Waals surface area contributed by atoms with Crippen LogP contribution >= 0.6 is 0 Å². The largest absolute Gasteiger partial charge is 0.379 e. The van der Waals surface area contributed by atoms with E-state index in [1.807, 2.05) is 7.05 Å². The van der Waals surface area contributed by atoms with Gasteiger partial charge in [0.2, 0.25) is 11.8 Å². The molecule has 0 aromatic carbocycles. The zero-order chi connectivity index (χ0) is 16.6. The molecular formula is C15H30N2O5. The highest BCUT2D eigenvalue weighted by atomic mass is 16.5. The fourth-order valence-corrected chi connectivity index (χ4v) is 1.64. The number of methoxy groups -OCH3 is 1. The summed E-state index contributed by atoms with van der Waals surface area (Å²) in [5.41, 5.74) is 0. The Balaban J connectivity index is 3.32. The van der Waals surface area contributed by atoms with Crippen molar-refractivity contribution < 1.29 is 23.8 Å². The Morgan fingerprint density at radius 2 is 1.77 bits per heavy atom. The first kappa shape index (κ1) is 20.8. The SMILES string of the molecule is CCCCN(C)C(=O)CCOCCOCCNC(=O)COC. The smallest absolute Gasteiger partial charge is 0.246 e. The minimum Gasteiger partial charge on any atom is -0.379 e. The molecule has 0 aromatic rings. The van der Waals surface area contributed by atoms with E-state index in [4.69, 9.17) is 9.47 Å². The van der Waals surface area contributed by atoms with Crippen LogP contribution in [0.15, 0.2) is 0 Å². The minimum atomic E-state index is -0.159. The molecule has 0 bridgehead atoms. The number of amides is 2. The molecule has 0 atom stereocenters. The van der Waals surface area contributed by atoms with Gasteiger partial charge in [-0.25, -0.2) is 0 Å². The number of hydrogen-bond donors (Lipinski definition) is 1. The van der Waals surface area contributed by atoms with Crippen LogP contribution in [-0.4, -0.2) is 77.0 Å². The number of nitrogens with one attached hydrogen (secondary N) is 1. The number of carbonyl (C=O) groups excluding carboxylic acids is 2. The monoisotopic (exact) mass is 318 g/mol. The first-order chi connectivity index (χ1) is 10.6. The van der Waals surface area contributed by atoms with Gasteiger partial charge in [-0.15, -0.1) is 0 Å². The van der Waals surface area contributed by atoms with E-state index in [2.05, 4.69) is 17.0 Å². The van der Waals surface area contributed by atoms with Crippen molar-refractivity contribution in [2.45, 2.75) is 26.2 Å². The molecule has 0 saturated heterocycles. The molecule has 0 rings (SSSR count). The Labute approximate surface area is 133 Å². The van der Waals surface area contributed by atoms with Crippen LogP contribution in [0.3, 0.4) is 0 Å². The van der Waals surface area contributed by atoms with Crippen LogP contribution in [0.25, 0.3) is 0 Å². The fraction of sp³-hybridized carbons (Fsp3) is 0.867. The van der Waals surface area contributed by atoms with Gasteiger partial charge in [-0.05, 0) is 6.42 Å². The van der Waals surface area contributed by atoms with Gasteiger partial charge in [0.05, 0.1) is 32.8 Å². The summed E-state index contributed by atoms with van der Waals surface area (Å²) < 4.78 is 15.3. The van der Waals surface area contributed by atoms with Crippen LogP contribution in [0.2, 0.25) is 0 Å². The van der Waals surface area contributed by atoms with Gasteiger partial charge in [0.1, 0.15) is 6.61 Å². The van der Waals surface area contributed by atoms with Gasteiger partial charge in [0.15, 0.2) is 0 Å². The van der Waals surface area contributed by atoms with Gasteiger partial charge in [-0.1, -0.05) is 13.3 Å². The van der Waals surface area contributed by atoms with Crippen molar-refractivity contribution in [2.75, 3.05) is 60.3 Å². The van der Waals surface area contributed by atoms with E-state index in [0.29, 0.717) is 39.4 Å². The molecule has 0 unspecified atom stereocenters. The molecule has 0 aliphatic heterocycles. The molecule has 1 N–H and O–H groups in total. The van der Waals surface area contributed by atoms with Crippen LogP contribution in [0.1, 0.15) is 26.2 Å². The zero-order valence-electron chi connectivity index (χ0n) is 14.1. The standard InChI is InChI=1S/C15H30N2O5/c1-4-5-8-17(2)15(19)6-9-21-11-12-22-10-7-16-14(18)13-20-3/h4-13H2,1-3H3,(H,16,18). The topological polar surface area (TPSA) is 77.1 Å². The molecule has 0 aliphatic rings. The number of hydrogen-bond acceptors (Lipinski definition) is 5. The molecule has 0 saturated carbocycles. The summed E-state index contributed by atoms with van der Waals surface area (Å²) in [4.78, 5) is 24.5. The fourth-order valence-electron chi connectivity index (χ4n) is 1.64. The van der Waals surface area contributed by atoms with Crippen LogP contribution in [0, 0.1) is 0 Å². The van der Waals surface area contributed by atoms with E-state index in [1.54, 1.807) is 4.90 Å². The van der Waals surface area contributed by atoms with Gasteiger partial charge in [0.25, 0.3) is 0 Å². The highest BCUT2D eigenvalue weighted by Gasteiger charge is 2.07. The molecule has 2 amide bonds. The van der Waals surface area contributed by atoms with E-state index in [1.165, 1.54) is 7.11 Å². The van der Waals surface area contributed by atoms with Crippen LogP contribution in [0.4, 0.5) is 0 Å². The lowest BCUT2D eigenvalue weighted by atomic mass is 10.3. The third-order valence-corrected chi connectivity index (χ3v) is 2.95. The van der Waals surface area contributed by atoms with Crippen molar-refractivity contribution in [1.29, 1.82) is 0 Å². The summed E-state index contributed by atoms with van der Waals surface area (Å²) in [6.45, 7) is 5.13. The molecule has 0 fully saturated rings. The minimum absolute atomic E-state index is 0.0594. The van der Waals surface area contributed by atoms with Gasteiger partial charge in [-0.2, -0.15) is 0 Å². The molecule has 7 nitrogen and oxygen atoms in total. The van der Waals surface area contributed by atoms with Crippen LogP contribution in [-0.2, 0) is 23.8 Å². The Morgan fingerprint density at radius 1 is 1.09 bits per heavy atom. The predicted molar refractivity (Wildman–Crippen MR) is 83.7 cm³/mol. The van der Waals surface area contributed by atoms with Gasteiger partial charge in [0, 0.05) is 27.2 Å². The number of ether oxygens (including phenoxy) is 3. The van der Waals surface area contributed by atoms with Crippen molar-refractivity contribution in [2.24, 2.45) is 0 Å². The highest BCUT2D eigenvalue weighted by Crippen LogP contribution is 1.96. The molecule has 0 aliphatic carbocycles. The highest BCUT2D eigenvalue weighted by molar-refractivity contribution is 5.77. The summed E-state index contributed by atoms with van der Waals surface area (Å²) >= 11 is 0. The Hall–Kier alpha value is -1.18. The van der Waals surface area contributed by atoms with E-state index >= 15 is 0 Å². The molecule has 7 heteroatoms. The number of carbonyl (C=O) groups is 2. The number of rotatable bonds is 14. The molecule has 0 spiro atoms. The maximum absolute atomic E-state index is 11.7. The van der Waals surface area contributed by atoms with E-state index in [-0.39, 0.29) is 18.4 Å². The second-order valence-electron chi connectivity index (χ2n) is 4.93. The number of unbranched alkanes of at least 4 members (excludes halogenated alkanes) is 1. The second kappa shape index (κ2) is 14.7. The summed E-state index contributed by atoms with van der Waals surface area (Å²) in [7, 11) is 3.29. The average Bonchev–Trinajstić information content (AvgIpc) is 2.50. The van der Waals surface area contributed by atoms with Gasteiger partial charge < -0.3 is 24.4 Å². The second-order valence-corrected chi connectivity index (χ2v) is 4.93. The Bertz CT molecular complexity index is 300. The maximum Gasteiger partial charge on any atom is 0.246 e. The summed E-state index contributed by atoms with van der Waals surface area (Å²) in [5.74, 6) is -0.0525. The van der Waals surface area contributed by atoms with Crippen LogP contribution in [0.5, 0.6) is 0 Å². The van der Waals surface area contributed by atoms with Crippen molar-refractivity contribution in [1.82, 2.24) is 10.2 Å². The molecule has 0 heterocycles. The third kappa shape index (κ3) is 12.6. The predicted octanol–water partition coefficient (Wildman–Crippen LogP) is 0.431. The van der Waals surface area contributed by atoms with E-state index in [0.717, 1.165) is 19.4 Å². The van der Waals surface area contributed by atoms with Gasteiger partial charge >= 0.3 is 0 Å². The summed E-state index contributed by atoms with van der Waals surface area (Å²) in [5, 5.41) is 2.65. The van der Waals surface area contributed by atoms with Crippen molar-refractivity contribution in [3.63, 3.8) is 0 Å². The molecule has 130 valence electrons. The first-order valence-electron chi connectivity index (χ1n) is 7.76. The molecular weight excluding hydrogens is 288 g/mol. The Kier molecular flexibility index (Phi) is 14.0. The van der Waals surface area contributed by atoms with Crippen molar-refractivity contribution >= 4 is 11.8 Å². The van der Waals surface area contributed by atoms with Crippen LogP contribution < -0.4 is 5.32 Å². The first-order valence-corrected chi connectivity index (χ1v) is 7.76. The average molecular weight is 318 g/mol. The van der Waals surface area contributed by atoms with E-state index < -0.39 is 0 Å². The lowest BCUT2D eigenvalue weighted by molar-refractivity contribution is -0.131. The summed E-state index contributed by atoms with van der Waals surface area (Å²) in [6, 6.07) is 0. The van der Waals surface area contributed by atoms with Gasteiger partial charge in [-0.3, -0.25) is 9.59 Å². The molecule has 0 radical (unpaired) electrons. The maximum atomic E-state index is 11.7. The Morgan fingerprint density at radius 3 is 2.41 bits per heavy atom. The number of nitrogens with zero attached hydrogens (tertiary/aromatic N) is 1. The lowest BCUT2D eigenvalue weighted by Gasteiger charge is -2.16. The third-order valence-electron chi connectivity index (χ3n) is 2.95. The normalized spacial score (nSPS) is 10.5. The summed E-state index contributed by atoms with van der Waals surface area (Å²) in [6.07, 6.45) is 2.50. The zero-order valence-corrected chi connectivity index (χ0v) is 14.1. The quantitative estimate of drug-likeness (QED) is 0.470. The van der Waals surface area contributed by atoms with E-state index in [9.17, 15) is 9.59 Å². The van der Waals surface area contributed by atoms with Crippen molar-refractivity contribution in [3.05, 3.63) is 0 Å².